The quantitative estimate of drug-likeness (QED) is 0.568. The topological polar surface area (TPSA) is 110 Å². The SMILES string of the molecule is C[C@H]1CC[C@]2(Cc3nc(OC[C@@]45CCCN4C[C@H](F)C5)nc(N4CCCOC4)c3CO2)c2c1ccc(N)c2C#N. The first kappa shape index (κ1) is 25.9. The molecule has 212 valence electrons. The predicted octanol–water partition coefficient (Wildman–Crippen LogP) is 3.94. The minimum absolute atomic E-state index is 0.283. The number of anilines is 2. The van der Waals surface area contributed by atoms with Crippen LogP contribution in [0.15, 0.2) is 12.1 Å². The third kappa shape index (κ3) is 4.13. The standard InChI is InChI=1S/C30H37FN6O3/c1-19-6-8-30(26-21(19)4-5-24(33)22(26)14-32)13-25-23(16-40-30)27(36-9-3-11-38-18-36)35-28(34-25)39-17-29-7-2-10-37(29)15-20(31)12-29/h4-5,19-20H,2-3,6-13,15-18,33H2,1H3/t19-,20+,29-,30-/m0/s1. The molecule has 0 bridgehead atoms. The number of nitrogen functional groups attached to an aromatic ring is 1. The van der Waals surface area contributed by atoms with Gasteiger partial charge in [-0.05, 0) is 56.2 Å². The van der Waals surface area contributed by atoms with Crippen molar-refractivity contribution in [2.45, 2.75) is 81.7 Å². The Balaban J connectivity index is 1.27. The zero-order chi connectivity index (χ0) is 27.5. The number of fused-ring (bicyclic) bond motifs is 4. The smallest absolute Gasteiger partial charge is 0.318 e. The molecule has 2 N–H and O–H groups in total. The van der Waals surface area contributed by atoms with Gasteiger partial charge in [0.25, 0.3) is 0 Å². The molecule has 3 saturated heterocycles. The van der Waals surface area contributed by atoms with Crippen LogP contribution >= 0.6 is 0 Å². The fourth-order valence-corrected chi connectivity index (χ4v) is 7.77. The van der Waals surface area contributed by atoms with Crippen LogP contribution < -0.4 is 15.4 Å². The first-order valence-electron chi connectivity index (χ1n) is 14.6. The molecule has 1 aromatic heterocycles. The predicted molar refractivity (Wildman–Crippen MR) is 147 cm³/mol. The second kappa shape index (κ2) is 9.82. The molecule has 9 nitrogen and oxygen atoms in total. The molecule has 40 heavy (non-hydrogen) atoms. The number of alkyl halides is 1. The normalized spacial score (nSPS) is 31.5. The Morgan fingerprint density at radius 3 is 2.98 bits per heavy atom. The van der Waals surface area contributed by atoms with E-state index in [1.165, 1.54) is 0 Å². The highest BCUT2D eigenvalue weighted by molar-refractivity contribution is 5.64. The molecule has 1 aromatic carbocycles. The van der Waals surface area contributed by atoms with Crippen molar-refractivity contribution in [1.82, 2.24) is 14.9 Å². The van der Waals surface area contributed by atoms with E-state index in [0.29, 0.717) is 62.5 Å². The minimum atomic E-state index is -0.818. The van der Waals surface area contributed by atoms with E-state index in [-0.39, 0.29) is 5.54 Å². The molecular weight excluding hydrogens is 511 g/mol. The van der Waals surface area contributed by atoms with Crippen molar-refractivity contribution in [3.05, 3.63) is 40.1 Å². The molecule has 0 saturated carbocycles. The molecule has 3 fully saturated rings. The van der Waals surface area contributed by atoms with Gasteiger partial charge in [-0.25, -0.2) is 4.39 Å². The molecule has 5 aliphatic rings. The van der Waals surface area contributed by atoms with Crippen LogP contribution in [-0.4, -0.2) is 66.2 Å². The van der Waals surface area contributed by atoms with Crippen LogP contribution in [0.4, 0.5) is 15.9 Å². The van der Waals surface area contributed by atoms with Crippen LogP contribution in [0, 0.1) is 11.3 Å². The first-order chi connectivity index (χ1) is 19.4. The van der Waals surface area contributed by atoms with Crippen LogP contribution in [0.1, 0.15) is 79.3 Å². The maximum absolute atomic E-state index is 14.4. The summed E-state index contributed by atoms with van der Waals surface area (Å²) >= 11 is 0. The van der Waals surface area contributed by atoms with Gasteiger partial charge in [-0.3, -0.25) is 4.90 Å². The first-order valence-corrected chi connectivity index (χ1v) is 14.6. The van der Waals surface area contributed by atoms with Crippen molar-refractivity contribution in [3.63, 3.8) is 0 Å². The van der Waals surface area contributed by atoms with Gasteiger partial charge in [0, 0.05) is 42.7 Å². The number of aromatic nitrogens is 2. The van der Waals surface area contributed by atoms with E-state index >= 15 is 0 Å². The number of nitriles is 1. The summed E-state index contributed by atoms with van der Waals surface area (Å²) in [5.41, 5.74) is 10.2. The van der Waals surface area contributed by atoms with Gasteiger partial charge < -0.3 is 24.8 Å². The number of hydrogen-bond acceptors (Lipinski definition) is 9. The van der Waals surface area contributed by atoms with Crippen LogP contribution in [-0.2, 0) is 28.1 Å². The molecule has 10 heteroatoms. The summed E-state index contributed by atoms with van der Waals surface area (Å²) in [6.45, 7) is 6.28. The van der Waals surface area contributed by atoms with Crippen molar-refractivity contribution in [3.8, 4) is 12.1 Å². The van der Waals surface area contributed by atoms with Gasteiger partial charge in [-0.15, -0.1) is 0 Å². The average molecular weight is 549 g/mol. The molecule has 7 rings (SSSR count). The summed E-state index contributed by atoms with van der Waals surface area (Å²) in [4.78, 5) is 14.2. The molecule has 1 aliphatic carbocycles. The lowest BCUT2D eigenvalue weighted by Gasteiger charge is -2.45. The van der Waals surface area contributed by atoms with Crippen molar-refractivity contribution in [2.75, 3.05) is 50.2 Å². The lowest BCUT2D eigenvalue weighted by atomic mass is 9.69. The van der Waals surface area contributed by atoms with Gasteiger partial charge in [0.2, 0.25) is 0 Å². The third-order valence-corrected chi connectivity index (χ3v) is 9.84. The van der Waals surface area contributed by atoms with Gasteiger partial charge in [0.15, 0.2) is 0 Å². The Labute approximate surface area is 234 Å². The molecule has 1 spiro atoms. The van der Waals surface area contributed by atoms with E-state index < -0.39 is 11.8 Å². The van der Waals surface area contributed by atoms with Crippen molar-refractivity contribution >= 4 is 11.5 Å². The number of nitrogens with two attached hydrogens (primary N) is 1. The number of halogens is 1. The number of hydrogen-bond donors (Lipinski definition) is 1. The Bertz CT molecular complexity index is 1360. The van der Waals surface area contributed by atoms with E-state index in [9.17, 15) is 9.65 Å². The minimum Gasteiger partial charge on any atom is -0.461 e. The van der Waals surface area contributed by atoms with Crippen LogP contribution in [0.25, 0.3) is 0 Å². The van der Waals surface area contributed by atoms with Crippen LogP contribution in [0.5, 0.6) is 6.01 Å². The largest absolute Gasteiger partial charge is 0.461 e. The molecule has 5 heterocycles. The summed E-state index contributed by atoms with van der Waals surface area (Å²) in [7, 11) is 0. The number of rotatable bonds is 4. The fourth-order valence-electron chi connectivity index (χ4n) is 7.77. The zero-order valence-corrected chi connectivity index (χ0v) is 23.1. The summed E-state index contributed by atoms with van der Waals surface area (Å²) in [6.07, 6.45) is 4.79. The van der Waals surface area contributed by atoms with Crippen molar-refractivity contribution in [1.29, 1.82) is 5.26 Å². The van der Waals surface area contributed by atoms with E-state index in [0.717, 1.165) is 80.0 Å². The van der Waals surface area contributed by atoms with E-state index in [2.05, 4.69) is 22.8 Å². The maximum atomic E-state index is 14.4. The monoisotopic (exact) mass is 548 g/mol. The Morgan fingerprint density at radius 1 is 1.25 bits per heavy atom. The highest BCUT2D eigenvalue weighted by atomic mass is 19.1. The van der Waals surface area contributed by atoms with Gasteiger partial charge in [-0.1, -0.05) is 13.0 Å². The highest BCUT2D eigenvalue weighted by Gasteiger charge is 2.50. The van der Waals surface area contributed by atoms with Gasteiger partial charge in [0.1, 0.15) is 37.0 Å². The molecule has 0 amide bonds. The Kier molecular flexibility index (Phi) is 6.37. The number of benzene rings is 1. The van der Waals surface area contributed by atoms with Crippen molar-refractivity contribution < 1.29 is 18.6 Å². The second-order valence-electron chi connectivity index (χ2n) is 12.3. The zero-order valence-electron chi connectivity index (χ0n) is 23.1. The van der Waals surface area contributed by atoms with Gasteiger partial charge in [0.05, 0.1) is 30.0 Å². The summed E-state index contributed by atoms with van der Waals surface area (Å²) in [6, 6.07) is 6.57. The Hall–Kier alpha value is -3.00. The van der Waals surface area contributed by atoms with Crippen LogP contribution in [0.2, 0.25) is 0 Å². The Morgan fingerprint density at radius 2 is 2.15 bits per heavy atom. The van der Waals surface area contributed by atoms with E-state index in [1.54, 1.807) is 0 Å². The van der Waals surface area contributed by atoms with Gasteiger partial charge in [-0.2, -0.15) is 15.2 Å². The lowest BCUT2D eigenvalue weighted by molar-refractivity contribution is -0.0874. The van der Waals surface area contributed by atoms with Crippen molar-refractivity contribution in [2.24, 2.45) is 0 Å². The maximum Gasteiger partial charge on any atom is 0.318 e. The van der Waals surface area contributed by atoms with E-state index in [4.69, 9.17) is 29.9 Å². The third-order valence-electron chi connectivity index (χ3n) is 9.84. The van der Waals surface area contributed by atoms with Gasteiger partial charge >= 0.3 is 6.01 Å². The summed E-state index contributed by atoms with van der Waals surface area (Å²) < 4.78 is 33.3. The van der Waals surface area contributed by atoms with Crippen LogP contribution in [0.3, 0.4) is 0 Å². The molecule has 2 aromatic rings. The molecule has 4 aliphatic heterocycles. The second-order valence-corrected chi connectivity index (χ2v) is 12.3. The number of nitrogens with zero attached hydrogens (tertiary/aromatic N) is 5. The molecular formula is C30H37FN6O3. The fraction of sp³-hybridized carbons (Fsp3) is 0.633. The molecule has 0 unspecified atom stereocenters. The van der Waals surface area contributed by atoms with E-state index in [1.807, 2.05) is 12.1 Å². The molecule has 4 atom stereocenters. The lowest BCUT2D eigenvalue weighted by Crippen LogP contribution is -2.44. The summed E-state index contributed by atoms with van der Waals surface area (Å²) in [5, 5.41) is 10.1. The molecule has 0 radical (unpaired) electrons. The average Bonchev–Trinajstić information content (AvgIpc) is 3.49. The highest BCUT2D eigenvalue weighted by Crippen LogP contribution is 2.51. The number of ether oxygens (including phenoxy) is 3. The summed E-state index contributed by atoms with van der Waals surface area (Å²) in [5.74, 6) is 1.09.